The topological polar surface area (TPSA) is 30.7 Å². The average molecular weight is 252 g/mol. The average Bonchev–Trinajstić information content (AvgIpc) is 2.66. The van der Waals surface area contributed by atoms with Gasteiger partial charge in [-0.05, 0) is 25.3 Å². The Morgan fingerprint density at radius 3 is 2.76 bits per heavy atom. The highest BCUT2D eigenvalue weighted by Crippen LogP contribution is 2.25. The fraction of sp³-hybridized carbons (Fsp3) is 0.538. The summed E-state index contributed by atoms with van der Waals surface area (Å²) in [5.74, 6) is 2.03. The van der Waals surface area contributed by atoms with Crippen LogP contribution in [0.4, 0.5) is 0 Å². The molecule has 0 spiro atoms. The van der Waals surface area contributed by atoms with E-state index < -0.39 is 0 Å². The maximum atomic E-state index is 5.98. The minimum Gasteiger partial charge on any atom is -0.324 e. The quantitative estimate of drug-likeness (QED) is 0.775. The Morgan fingerprint density at radius 1 is 1.35 bits per heavy atom. The second kappa shape index (κ2) is 5.05. The molecule has 3 nitrogen and oxygen atoms in total. The maximum absolute atomic E-state index is 5.98. The first kappa shape index (κ1) is 12.4. The van der Waals surface area contributed by atoms with Crippen molar-refractivity contribution in [3.8, 4) is 0 Å². The molecule has 0 aliphatic carbocycles. The van der Waals surface area contributed by atoms with Gasteiger partial charge in [-0.2, -0.15) is 0 Å². The molecule has 92 valence electrons. The monoisotopic (exact) mass is 251 g/mol. The smallest absolute Gasteiger partial charge is 0.125 e. The number of pyridine rings is 1. The van der Waals surface area contributed by atoms with Gasteiger partial charge >= 0.3 is 0 Å². The summed E-state index contributed by atoms with van der Waals surface area (Å²) in [4.78, 5) is 8.63. The summed E-state index contributed by atoms with van der Waals surface area (Å²) in [5, 5.41) is 0. The number of imidazole rings is 1. The van der Waals surface area contributed by atoms with E-state index in [4.69, 9.17) is 11.6 Å². The molecule has 0 fully saturated rings. The Morgan fingerprint density at radius 2 is 2.12 bits per heavy atom. The van der Waals surface area contributed by atoms with E-state index in [1.54, 1.807) is 12.4 Å². The highest BCUT2D eigenvalue weighted by atomic mass is 35.5. The van der Waals surface area contributed by atoms with Crippen molar-refractivity contribution >= 4 is 22.6 Å². The van der Waals surface area contributed by atoms with Crippen molar-refractivity contribution in [3.63, 3.8) is 0 Å². The molecule has 0 aromatic carbocycles. The van der Waals surface area contributed by atoms with Crippen LogP contribution in [0.15, 0.2) is 18.5 Å². The summed E-state index contributed by atoms with van der Waals surface area (Å²) < 4.78 is 2.24. The van der Waals surface area contributed by atoms with Gasteiger partial charge in [-0.3, -0.25) is 4.98 Å². The molecule has 0 saturated carbocycles. The van der Waals surface area contributed by atoms with Crippen molar-refractivity contribution in [2.24, 2.45) is 5.92 Å². The van der Waals surface area contributed by atoms with E-state index in [1.165, 1.54) is 0 Å². The van der Waals surface area contributed by atoms with Crippen LogP contribution in [0.25, 0.3) is 11.0 Å². The molecule has 2 aromatic rings. The highest BCUT2D eigenvalue weighted by Gasteiger charge is 2.15. The number of nitrogens with zero attached hydrogens (tertiary/aromatic N) is 3. The fourth-order valence-corrected chi connectivity index (χ4v) is 2.56. The number of fused-ring (bicyclic) bond motifs is 1. The lowest BCUT2D eigenvalue weighted by molar-refractivity contribution is 0.428. The van der Waals surface area contributed by atoms with Gasteiger partial charge in [0.05, 0.1) is 17.6 Å². The molecule has 0 N–H and O–H groups in total. The molecule has 4 heteroatoms. The zero-order valence-electron chi connectivity index (χ0n) is 10.5. The Balaban J connectivity index is 2.49. The lowest BCUT2D eigenvalue weighted by atomic mass is 10.0. The van der Waals surface area contributed by atoms with Gasteiger partial charge in [-0.15, -0.1) is 11.6 Å². The van der Waals surface area contributed by atoms with Crippen molar-refractivity contribution in [2.75, 3.05) is 0 Å². The van der Waals surface area contributed by atoms with Crippen LogP contribution in [0, 0.1) is 5.92 Å². The Bertz CT molecular complexity index is 504. The van der Waals surface area contributed by atoms with E-state index in [-0.39, 0.29) is 0 Å². The number of hydrogen-bond acceptors (Lipinski definition) is 2. The molecule has 0 radical (unpaired) electrons. The van der Waals surface area contributed by atoms with Gasteiger partial charge in [0.25, 0.3) is 0 Å². The van der Waals surface area contributed by atoms with Crippen LogP contribution >= 0.6 is 11.6 Å². The van der Waals surface area contributed by atoms with Gasteiger partial charge in [0.15, 0.2) is 0 Å². The third kappa shape index (κ3) is 2.44. The Kier molecular flexibility index (Phi) is 3.67. The van der Waals surface area contributed by atoms with Gasteiger partial charge in [0, 0.05) is 12.2 Å². The van der Waals surface area contributed by atoms with Crippen LogP contribution in [-0.2, 0) is 5.88 Å². The molecule has 0 bridgehead atoms. The van der Waals surface area contributed by atoms with E-state index in [0.29, 0.717) is 17.8 Å². The van der Waals surface area contributed by atoms with Gasteiger partial charge in [-0.1, -0.05) is 13.8 Å². The van der Waals surface area contributed by atoms with Crippen LogP contribution in [0.5, 0.6) is 0 Å². The summed E-state index contributed by atoms with van der Waals surface area (Å²) in [7, 11) is 0. The second-order valence-electron chi connectivity index (χ2n) is 4.87. The fourth-order valence-electron chi connectivity index (χ4n) is 2.37. The number of aromatic nitrogens is 3. The van der Waals surface area contributed by atoms with Crippen LogP contribution in [-0.4, -0.2) is 14.5 Å². The van der Waals surface area contributed by atoms with Crippen molar-refractivity contribution in [3.05, 3.63) is 24.3 Å². The number of rotatable bonds is 4. The van der Waals surface area contributed by atoms with Crippen molar-refractivity contribution in [2.45, 2.75) is 39.1 Å². The lowest BCUT2D eigenvalue weighted by Crippen LogP contribution is -2.10. The van der Waals surface area contributed by atoms with Gasteiger partial charge in [-0.25, -0.2) is 4.98 Å². The van der Waals surface area contributed by atoms with E-state index in [9.17, 15) is 0 Å². The largest absolute Gasteiger partial charge is 0.324 e. The van der Waals surface area contributed by atoms with Crippen molar-refractivity contribution in [1.82, 2.24) is 14.5 Å². The lowest BCUT2D eigenvalue weighted by Gasteiger charge is -2.18. The first-order valence-electron chi connectivity index (χ1n) is 6.00. The van der Waals surface area contributed by atoms with E-state index in [2.05, 4.69) is 35.3 Å². The number of alkyl halides is 1. The Labute approximate surface area is 107 Å². The van der Waals surface area contributed by atoms with Crippen LogP contribution < -0.4 is 0 Å². The molecule has 2 heterocycles. The summed E-state index contributed by atoms with van der Waals surface area (Å²) in [6.45, 7) is 6.69. The first-order valence-corrected chi connectivity index (χ1v) is 6.53. The molecule has 1 unspecified atom stereocenters. The van der Waals surface area contributed by atoms with Gasteiger partial charge in [0.1, 0.15) is 11.3 Å². The van der Waals surface area contributed by atoms with Crippen LogP contribution in [0.1, 0.15) is 39.1 Å². The molecule has 2 rings (SSSR count). The molecule has 1 atom stereocenters. The van der Waals surface area contributed by atoms with Crippen LogP contribution in [0.2, 0.25) is 0 Å². The molecule has 0 amide bonds. The third-order valence-electron chi connectivity index (χ3n) is 2.94. The minimum atomic E-state index is 0.413. The molecular formula is C13H18ClN3. The van der Waals surface area contributed by atoms with E-state index >= 15 is 0 Å². The predicted octanol–water partition coefficient (Wildman–Crippen LogP) is 3.78. The summed E-state index contributed by atoms with van der Waals surface area (Å²) in [6, 6.07) is 2.42. The van der Waals surface area contributed by atoms with Gasteiger partial charge in [0.2, 0.25) is 0 Å². The molecule has 0 aliphatic heterocycles. The molecular weight excluding hydrogens is 234 g/mol. The maximum Gasteiger partial charge on any atom is 0.125 e. The van der Waals surface area contributed by atoms with Crippen molar-refractivity contribution < 1.29 is 0 Å². The van der Waals surface area contributed by atoms with E-state index in [0.717, 1.165) is 23.3 Å². The second-order valence-corrected chi connectivity index (χ2v) is 5.14. The van der Waals surface area contributed by atoms with E-state index in [1.807, 2.05) is 6.07 Å². The standard InChI is InChI=1S/C13H18ClN3/c1-9(2)6-10(3)17-12-4-5-15-8-11(12)16-13(17)7-14/h4-5,8-10H,6-7H2,1-3H3. The molecule has 2 aromatic heterocycles. The highest BCUT2D eigenvalue weighted by molar-refractivity contribution is 6.16. The number of hydrogen-bond donors (Lipinski definition) is 0. The zero-order valence-corrected chi connectivity index (χ0v) is 11.3. The zero-order chi connectivity index (χ0) is 12.4. The molecule has 0 aliphatic rings. The normalized spacial score (nSPS) is 13.5. The van der Waals surface area contributed by atoms with Gasteiger partial charge < -0.3 is 4.57 Å². The summed E-state index contributed by atoms with van der Waals surface area (Å²) >= 11 is 5.98. The predicted molar refractivity (Wildman–Crippen MR) is 71.3 cm³/mol. The van der Waals surface area contributed by atoms with Crippen molar-refractivity contribution in [1.29, 1.82) is 0 Å². The minimum absolute atomic E-state index is 0.413. The SMILES string of the molecule is CC(C)CC(C)n1c(CCl)nc2cnccc21. The van der Waals surface area contributed by atoms with Crippen LogP contribution in [0.3, 0.4) is 0 Å². The molecule has 0 saturated heterocycles. The Hall–Kier alpha value is -1.09. The third-order valence-corrected chi connectivity index (χ3v) is 3.18. The first-order chi connectivity index (χ1) is 8.13. The summed E-state index contributed by atoms with van der Waals surface area (Å²) in [5.41, 5.74) is 2.06. The summed E-state index contributed by atoms with van der Waals surface area (Å²) in [6.07, 6.45) is 4.72. The molecule has 17 heavy (non-hydrogen) atoms. The number of halogens is 1.